The van der Waals surface area contributed by atoms with E-state index in [2.05, 4.69) is 9.47 Å². The fourth-order valence-corrected chi connectivity index (χ4v) is 1.49. The predicted molar refractivity (Wildman–Crippen MR) is 69.8 cm³/mol. The summed E-state index contributed by atoms with van der Waals surface area (Å²) in [7, 11) is 1.15. The molecule has 0 atom stereocenters. The molecule has 0 heterocycles. The molecule has 0 aliphatic rings. The fraction of sp³-hybridized carbons (Fsp3) is 0.286. The summed E-state index contributed by atoms with van der Waals surface area (Å²) >= 11 is 0. The molecule has 0 fully saturated rings. The second-order valence-corrected chi connectivity index (χ2v) is 3.68. The van der Waals surface area contributed by atoms with Crippen LogP contribution in [0.4, 0.5) is 8.78 Å². The van der Waals surface area contributed by atoms with E-state index in [9.17, 15) is 13.6 Å². The lowest BCUT2D eigenvalue weighted by atomic mass is 10.1. The van der Waals surface area contributed by atoms with Crippen LogP contribution >= 0.6 is 0 Å². The third kappa shape index (κ3) is 4.76. The Hall–Kier alpha value is -2.62. The fourth-order valence-electron chi connectivity index (χ4n) is 1.49. The zero-order valence-corrected chi connectivity index (χ0v) is 11.4. The highest BCUT2D eigenvalue weighted by Gasteiger charge is 2.13. The van der Waals surface area contributed by atoms with Crippen LogP contribution in [0, 0.1) is 11.3 Å². The average Bonchev–Trinajstić information content (AvgIpc) is 2.46. The van der Waals surface area contributed by atoms with Gasteiger partial charge < -0.3 is 14.2 Å². The van der Waals surface area contributed by atoms with Crippen LogP contribution in [0.3, 0.4) is 0 Å². The minimum absolute atomic E-state index is 0.0914. The van der Waals surface area contributed by atoms with E-state index in [-0.39, 0.29) is 23.7 Å². The molecule has 0 amide bonds. The van der Waals surface area contributed by atoms with Crippen molar-refractivity contribution in [3.8, 4) is 17.6 Å². The molecule has 1 rings (SSSR count). The summed E-state index contributed by atoms with van der Waals surface area (Å²) in [5.41, 5.74) is 0.199. The van der Waals surface area contributed by atoms with Crippen molar-refractivity contribution in [2.24, 2.45) is 0 Å². The van der Waals surface area contributed by atoms with Crippen molar-refractivity contribution in [1.82, 2.24) is 0 Å². The molecule has 0 radical (unpaired) electrons. The molecule has 0 aromatic heterocycles. The Labute approximate surface area is 120 Å². The van der Waals surface area contributed by atoms with Crippen molar-refractivity contribution >= 4 is 12.0 Å². The second kappa shape index (κ2) is 7.85. The van der Waals surface area contributed by atoms with Gasteiger partial charge in [0.15, 0.2) is 11.5 Å². The van der Waals surface area contributed by atoms with Gasteiger partial charge in [0.05, 0.1) is 13.7 Å². The molecule has 0 aliphatic carbocycles. The van der Waals surface area contributed by atoms with Crippen LogP contribution in [0.25, 0.3) is 6.08 Å². The van der Waals surface area contributed by atoms with E-state index in [0.717, 1.165) is 7.11 Å². The summed E-state index contributed by atoms with van der Waals surface area (Å²) in [4.78, 5) is 11.3. The lowest BCUT2D eigenvalue weighted by Gasteiger charge is -2.11. The van der Waals surface area contributed by atoms with Crippen molar-refractivity contribution in [2.75, 3.05) is 13.7 Å². The van der Waals surface area contributed by atoms with E-state index in [1.165, 1.54) is 24.3 Å². The van der Waals surface area contributed by atoms with Crippen LogP contribution in [-0.2, 0) is 9.53 Å². The van der Waals surface area contributed by atoms with Crippen molar-refractivity contribution < 1.29 is 27.8 Å². The molecular formula is C14H13F2NO4. The number of methoxy groups -OCH3 is 1. The van der Waals surface area contributed by atoms with Crippen molar-refractivity contribution in [3.63, 3.8) is 0 Å². The number of nitriles is 1. The van der Waals surface area contributed by atoms with Crippen LogP contribution in [0.2, 0.25) is 0 Å². The Kier molecular flexibility index (Phi) is 6.14. The molecule has 0 spiro atoms. The van der Waals surface area contributed by atoms with Gasteiger partial charge in [-0.15, -0.1) is 0 Å². The number of esters is 1. The standard InChI is InChI=1S/C14H13F2NO4/c1-3-20-12-7-9(4-5-11(12)21-14(15)16)6-10(8-17)13(18)19-2/h4-7,14H,3H2,1-2H3/b10-6+. The van der Waals surface area contributed by atoms with E-state index in [0.29, 0.717) is 5.56 Å². The third-order valence-electron chi connectivity index (χ3n) is 2.32. The summed E-state index contributed by atoms with van der Waals surface area (Å²) in [6.07, 6.45) is 1.26. The Bertz CT molecular complexity index is 579. The number of hydrogen-bond acceptors (Lipinski definition) is 5. The van der Waals surface area contributed by atoms with Gasteiger partial charge in [0, 0.05) is 0 Å². The van der Waals surface area contributed by atoms with Crippen molar-refractivity contribution in [1.29, 1.82) is 5.26 Å². The molecule has 1 aromatic carbocycles. The van der Waals surface area contributed by atoms with E-state index in [1.54, 1.807) is 13.0 Å². The molecule has 0 bridgehead atoms. The summed E-state index contributed by atoms with van der Waals surface area (Å²) in [5, 5.41) is 8.86. The van der Waals surface area contributed by atoms with Gasteiger partial charge in [-0.25, -0.2) is 4.79 Å². The maximum absolute atomic E-state index is 12.3. The number of carbonyl (C=O) groups is 1. The number of carbonyl (C=O) groups excluding carboxylic acids is 1. The van der Waals surface area contributed by atoms with E-state index < -0.39 is 12.6 Å². The van der Waals surface area contributed by atoms with Crippen LogP contribution in [0.1, 0.15) is 12.5 Å². The minimum atomic E-state index is -2.98. The largest absolute Gasteiger partial charge is 0.490 e. The predicted octanol–water partition coefficient (Wildman–Crippen LogP) is 2.77. The summed E-state index contributed by atoms with van der Waals surface area (Å²) < 4.78 is 38.5. The molecular weight excluding hydrogens is 284 g/mol. The minimum Gasteiger partial charge on any atom is -0.490 e. The quantitative estimate of drug-likeness (QED) is 0.459. The van der Waals surface area contributed by atoms with Gasteiger partial charge in [0.25, 0.3) is 0 Å². The highest BCUT2D eigenvalue weighted by atomic mass is 19.3. The molecule has 0 aliphatic heterocycles. The van der Waals surface area contributed by atoms with Gasteiger partial charge in [-0.2, -0.15) is 14.0 Å². The first-order chi connectivity index (χ1) is 10.0. The second-order valence-electron chi connectivity index (χ2n) is 3.68. The van der Waals surface area contributed by atoms with Gasteiger partial charge in [0.1, 0.15) is 11.6 Å². The molecule has 0 N–H and O–H groups in total. The molecule has 0 saturated carbocycles. The zero-order chi connectivity index (χ0) is 15.8. The van der Waals surface area contributed by atoms with Crippen molar-refractivity contribution in [2.45, 2.75) is 13.5 Å². The highest BCUT2D eigenvalue weighted by molar-refractivity contribution is 5.97. The van der Waals surface area contributed by atoms with Crippen LogP contribution in [-0.4, -0.2) is 26.3 Å². The molecule has 21 heavy (non-hydrogen) atoms. The average molecular weight is 297 g/mol. The first kappa shape index (κ1) is 16.4. The molecule has 0 saturated heterocycles. The first-order valence-electron chi connectivity index (χ1n) is 5.93. The molecule has 112 valence electrons. The summed E-state index contributed by atoms with van der Waals surface area (Å²) in [6, 6.07) is 5.77. The molecule has 7 heteroatoms. The SMILES string of the molecule is CCOc1cc(/C=C(\C#N)C(=O)OC)ccc1OC(F)F. The topological polar surface area (TPSA) is 68.5 Å². The Morgan fingerprint density at radius 1 is 1.43 bits per heavy atom. The zero-order valence-electron chi connectivity index (χ0n) is 11.4. The Morgan fingerprint density at radius 3 is 2.67 bits per heavy atom. The normalized spacial score (nSPS) is 11.0. The maximum atomic E-state index is 12.3. The molecule has 1 aromatic rings. The number of hydrogen-bond donors (Lipinski definition) is 0. The Balaban J connectivity index is 3.16. The van der Waals surface area contributed by atoms with Crippen LogP contribution in [0.5, 0.6) is 11.5 Å². The number of ether oxygens (including phenoxy) is 3. The number of nitrogens with zero attached hydrogens (tertiary/aromatic N) is 1. The van der Waals surface area contributed by atoms with Gasteiger partial charge >= 0.3 is 12.6 Å². The Morgan fingerprint density at radius 2 is 2.14 bits per heavy atom. The van der Waals surface area contributed by atoms with E-state index in [4.69, 9.17) is 10.00 Å². The van der Waals surface area contributed by atoms with Gasteiger partial charge in [-0.3, -0.25) is 0 Å². The highest BCUT2D eigenvalue weighted by Crippen LogP contribution is 2.30. The van der Waals surface area contributed by atoms with Gasteiger partial charge in [0.2, 0.25) is 0 Å². The summed E-state index contributed by atoms with van der Waals surface area (Å²) in [6.45, 7) is -1.05. The monoisotopic (exact) mass is 297 g/mol. The lowest BCUT2D eigenvalue weighted by Crippen LogP contribution is -2.05. The lowest BCUT2D eigenvalue weighted by molar-refractivity contribution is -0.135. The summed E-state index contributed by atoms with van der Waals surface area (Å²) in [5.74, 6) is -0.822. The molecule has 0 unspecified atom stereocenters. The number of rotatable bonds is 6. The van der Waals surface area contributed by atoms with Gasteiger partial charge in [-0.1, -0.05) is 6.07 Å². The maximum Gasteiger partial charge on any atom is 0.387 e. The molecule has 5 nitrogen and oxygen atoms in total. The first-order valence-corrected chi connectivity index (χ1v) is 5.93. The van der Waals surface area contributed by atoms with Gasteiger partial charge in [-0.05, 0) is 30.7 Å². The van der Waals surface area contributed by atoms with Crippen LogP contribution < -0.4 is 9.47 Å². The van der Waals surface area contributed by atoms with Crippen molar-refractivity contribution in [3.05, 3.63) is 29.3 Å². The smallest absolute Gasteiger partial charge is 0.387 e. The third-order valence-corrected chi connectivity index (χ3v) is 2.32. The number of halogens is 2. The van der Waals surface area contributed by atoms with Crippen LogP contribution in [0.15, 0.2) is 23.8 Å². The number of alkyl halides is 2. The van der Waals surface area contributed by atoms with E-state index >= 15 is 0 Å². The number of benzene rings is 1. The van der Waals surface area contributed by atoms with E-state index in [1.807, 2.05) is 0 Å².